The number of rotatable bonds is 7. The third kappa shape index (κ3) is 7.45. The van der Waals surface area contributed by atoms with Crippen LogP contribution in [0.2, 0.25) is 0 Å². The minimum atomic E-state index is -4.23. The van der Waals surface area contributed by atoms with Crippen molar-refractivity contribution < 1.29 is 27.1 Å². The number of carbonyl (C=O) groups is 1. The van der Waals surface area contributed by atoms with Crippen molar-refractivity contribution >= 4 is 21.8 Å². The summed E-state index contributed by atoms with van der Waals surface area (Å²) >= 11 is 0. The van der Waals surface area contributed by atoms with Gasteiger partial charge < -0.3 is 9.30 Å². The Morgan fingerprint density at radius 1 is 1.29 bits per heavy atom. The van der Waals surface area contributed by atoms with Crippen LogP contribution in [0, 0.1) is 16.0 Å². The summed E-state index contributed by atoms with van der Waals surface area (Å²) in [4.78, 5) is 25.0. The van der Waals surface area contributed by atoms with E-state index in [-0.39, 0.29) is 22.9 Å². The summed E-state index contributed by atoms with van der Waals surface area (Å²) in [5.74, 6) is -0.782. The van der Waals surface area contributed by atoms with E-state index < -0.39 is 27.1 Å². The summed E-state index contributed by atoms with van der Waals surface area (Å²) in [6.45, 7) is 3.61. The predicted octanol–water partition coefficient (Wildman–Crippen LogP) is 2.31. The van der Waals surface area contributed by atoms with E-state index in [1.807, 2.05) is 17.8 Å². The van der Waals surface area contributed by atoms with Gasteiger partial charge in [0.2, 0.25) is 0 Å². The first-order chi connectivity index (χ1) is 13.1. The highest BCUT2D eigenvalue weighted by Gasteiger charge is 2.29. The van der Waals surface area contributed by atoms with Crippen molar-refractivity contribution in [1.29, 1.82) is 0 Å². The smallest absolute Gasteiger partial charge is 0.336 e. The first-order valence-electron chi connectivity index (χ1n) is 8.24. The molecule has 10 nitrogen and oxygen atoms in total. The van der Waals surface area contributed by atoms with Gasteiger partial charge in [0.15, 0.2) is 6.10 Å². The van der Waals surface area contributed by atoms with Crippen LogP contribution in [0.5, 0.6) is 0 Å². The van der Waals surface area contributed by atoms with Gasteiger partial charge in [0.05, 0.1) is 23.3 Å². The molecule has 1 aromatic carbocycles. The zero-order valence-electron chi connectivity index (χ0n) is 16.0. The molecule has 11 heteroatoms. The molecular weight excluding hydrogens is 390 g/mol. The number of non-ortho nitro benzene ring substituents is 1. The predicted molar refractivity (Wildman–Crippen MR) is 99.8 cm³/mol. The first-order valence-corrected chi connectivity index (χ1v) is 9.65. The van der Waals surface area contributed by atoms with Crippen LogP contribution in [0.3, 0.4) is 0 Å². The number of carbonyl (C=O) groups excluding carboxylic acids is 1. The fourth-order valence-electron chi connectivity index (χ4n) is 2.00. The average molecular weight is 413 g/mol. The maximum Gasteiger partial charge on any atom is 0.336 e. The summed E-state index contributed by atoms with van der Waals surface area (Å²) < 4.78 is 35.6. The molecule has 1 atom stereocenters. The molecule has 1 unspecified atom stereocenters. The zero-order valence-corrected chi connectivity index (χ0v) is 16.8. The molecule has 1 heterocycles. The Hall–Kier alpha value is -2.79. The quantitative estimate of drug-likeness (QED) is 0.292. The minimum absolute atomic E-state index is 0.0103. The number of methoxy groups -OCH3 is 1. The average Bonchev–Trinajstić information content (AvgIpc) is 3.11. The number of imidazole rings is 1. The van der Waals surface area contributed by atoms with Gasteiger partial charge in [-0.2, -0.15) is 8.42 Å². The Morgan fingerprint density at radius 2 is 1.89 bits per heavy atom. The molecule has 2 aromatic rings. The van der Waals surface area contributed by atoms with Crippen molar-refractivity contribution in [3.63, 3.8) is 0 Å². The van der Waals surface area contributed by atoms with Gasteiger partial charge in [-0.1, -0.05) is 13.8 Å². The fraction of sp³-hybridized carbons (Fsp3) is 0.412. The number of aromatic nitrogens is 2. The van der Waals surface area contributed by atoms with Gasteiger partial charge in [0.1, 0.15) is 0 Å². The maximum atomic E-state index is 12.1. The van der Waals surface area contributed by atoms with Crippen molar-refractivity contribution in [1.82, 2.24) is 9.55 Å². The molecule has 0 fully saturated rings. The Morgan fingerprint density at radius 3 is 2.25 bits per heavy atom. The van der Waals surface area contributed by atoms with Gasteiger partial charge in [-0.25, -0.2) is 9.78 Å². The van der Waals surface area contributed by atoms with E-state index in [4.69, 9.17) is 4.18 Å². The van der Waals surface area contributed by atoms with Crippen LogP contribution in [0.1, 0.15) is 20.3 Å². The van der Waals surface area contributed by atoms with Gasteiger partial charge in [-0.3, -0.25) is 14.3 Å². The maximum absolute atomic E-state index is 12.1. The summed E-state index contributed by atoms with van der Waals surface area (Å²) in [6.07, 6.45) is 4.30. The summed E-state index contributed by atoms with van der Waals surface area (Å²) in [5, 5.41) is 10.6. The van der Waals surface area contributed by atoms with Crippen molar-refractivity contribution in [3.05, 3.63) is 53.1 Å². The largest absolute Gasteiger partial charge is 0.467 e. The molecule has 0 aliphatic rings. The van der Waals surface area contributed by atoms with Crippen molar-refractivity contribution in [3.8, 4) is 0 Å². The lowest BCUT2D eigenvalue weighted by Crippen LogP contribution is -2.30. The molecule has 2 rings (SSSR count). The van der Waals surface area contributed by atoms with Crippen LogP contribution in [0.25, 0.3) is 0 Å². The van der Waals surface area contributed by atoms with Crippen molar-refractivity contribution in [2.24, 2.45) is 13.0 Å². The molecule has 0 saturated heterocycles. The number of benzene rings is 1. The number of nitrogens with zero attached hydrogens (tertiary/aromatic N) is 3. The highest BCUT2D eigenvalue weighted by atomic mass is 32.2. The van der Waals surface area contributed by atoms with Gasteiger partial charge in [-0.15, -0.1) is 0 Å². The Bertz CT molecular complexity index is 863. The third-order valence-corrected chi connectivity index (χ3v) is 4.70. The normalized spacial score (nSPS) is 12.0. The lowest BCUT2D eigenvalue weighted by molar-refractivity contribution is -0.384. The first kappa shape index (κ1) is 23.2. The van der Waals surface area contributed by atoms with Crippen LogP contribution in [-0.4, -0.2) is 42.1 Å². The van der Waals surface area contributed by atoms with Crippen LogP contribution < -0.4 is 0 Å². The van der Waals surface area contributed by atoms with Crippen LogP contribution in [0.4, 0.5) is 5.69 Å². The number of esters is 1. The molecule has 0 spiro atoms. The van der Waals surface area contributed by atoms with Crippen LogP contribution >= 0.6 is 0 Å². The molecule has 154 valence electrons. The topological polar surface area (TPSA) is 131 Å². The van der Waals surface area contributed by atoms with E-state index >= 15 is 0 Å². The number of ether oxygens (including phenoxy) is 1. The second-order valence-electron chi connectivity index (χ2n) is 6.17. The Kier molecular flexibility index (Phi) is 8.74. The lowest BCUT2D eigenvalue weighted by atomic mass is 10.1. The second kappa shape index (κ2) is 10.5. The minimum Gasteiger partial charge on any atom is -0.467 e. The van der Waals surface area contributed by atoms with Crippen molar-refractivity contribution in [2.75, 3.05) is 7.11 Å². The fourth-order valence-corrected chi connectivity index (χ4v) is 3.05. The van der Waals surface area contributed by atoms with Gasteiger partial charge in [-0.05, 0) is 24.5 Å². The zero-order chi connectivity index (χ0) is 21.3. The molecule has 0 saturated carbocycles. The third-order valence-electron chi connectivity index (χ3n) is 3.37. The highest BCUT2D eigenvalue weighted by molar-refractivity contribution is 7.86. The van der Waals surface area contributed by atoms with Gasteiger partial charge >= 0.3 is 5.97 Å². The number of hydrogen-bond donors (Lipinski definition) is 0. The Labute approximate surface area is 163 Å². The van der Waals surface area contributed by atoms with E-state index in [9.17, 15) is 23.3 Å². The molecular formula is C17H23N3O7S. The molecule has 28 heavy (non-hydrogen) atoms. The highest BCUT2D eigenvalue weighted by Crippen LogP contribution is 2.21. The molecule has 0 aliphatic carbocycles. The summed E-state index contributed by atoms with van der Waals surface area (Å²) in [7, 11) is -1.15. The number of hydrogen-bond acceptors (Lipinski definition) is 8. The number of nitro groups is 1. The standard InChI is InChI=1S/C13H17NO7S.C4H6N2/c1-9(2)8-12(13(15)20-3)21-22(18,19)11-6-4-10(5-7-11)14(16)17;1-6-3-2-5-4-6/h4-7,9,12H,8H2,1-3H3;2-4H,1H3. The molecule has 0 aliphatic heterocycles. The number of aryl methyl sites for hydroxylation is 1. The molecule has 0 radical (unpaired) electrons. The van der Waals surface area contributed by atoms with Crippen LogP contribution in [0.15, 0.2) is 47.9 Å². The van der Waals surface area contributed by atoms with Gasteiger partial charge in [0.25, 0.3) is 15.8 Å². The molecule has 0 bridgehead atoms. The SMILES string of the molecule is COC(=O)C(CC(C)C)OS(=O)(=O)c1ccc([N+](=O)[O-])cc1.Cn1ccnc1. The Balaban J connectivity index is 0.000000552. The van der Waals surface area contributed by atoms with Crippen molar-refractivity contribution in [2.45, 2.75) is 31.3 Å². The van der Waals surface area contributed by atoms with E-state index in [0.717, 1.165) is 31.4 Å². The summed E-state index contributed by atoms with van der Waals surface area (Å²) in [6, 6.07) is 4.20. The summed E-state index contributed by atoms with van der Waals surface area (Å²) in [5.41, 5.74) is -0.245. The van der Waals surface area contributed by atoms with E-state index in [1.54, 1.807) is 26.4 Å². The number of nitro benzene ring substituents is 1. The second-order valence-corrected chi connectivity index (χ2v) is 7.74. The molecule has 0 N–H and O–H groups in total. The van der Waals surface area contributed by atoms with E-state index in [2.05, 4.69) is 9.72 Å². The molecule has 0 amide bonds. The monoisotopic (exact) mass is 413 g/mol. The lowest BCUT2D eigenvalue weighted by Gasteiger charge is -2.17. The van der Waals surface area contributed by atoms with E-state index in [1.165, 1.54) is 0 Å². The molecule has 1 aromatic heterocycles. The van der Waals surface area contributed by atoms with E-state index in [0.29, 0.717) is 0 Å². The van der Waals surface area contributed by atoms with Crippen LogP contribution in [-0.2, 0) is 30.9 Å². The van der Waals surface area contributed by atoms with Gasteiger partial charge in [0, 0.05) is 31.6 Å².